The number of benzene rings is 1. The quantitative estimate of drug-likeness (QED) is 0.737. The molecule has 3 heteroatoms. The summed E-state index contributed by atoms with van der Waals surface area (Å²) in [5.41, 5.74) is 0. The fourth-order valence-corrected chi connectivity index (χ4v) is 1.47. The topological polar surface area (TPSA) is 26.3 Å². The van der Waals surface area contributed by atoms with Crippen molar-refractivity contribution in [3.63, 3.8) is 0 Å². The van der Waals surface area contributed by atoms with Gasteiger partial charge in [-0.3, -0.25) is 4.79 Å². The first kappa shape index (κ1) is 9.19. The normalized spacial score (nSPS) is 16.5. The van der Waals surface area contributed by atoms with E-state index < -0.39 is 0 Å². The van der Waals surface area contributed by atoms with E-state index >= 15 is 0 Å². The molecule has 14 heavy (non-hydrogen) atoms. The van der Waals surface area contributed by atoms with Crippen molar-refractivity contribution in [2.24, 2.45) is 5.92 Å². The van der Waals surface area contributed by atoms with E-state index in [1.54, 1.807) is 12.1 Å². The summed E-state index contributed by atoms with van der Waals surface area (Å²) in [7, 11) is 0. The molecule has 1 saturated carbocycles. The second-order valence-electron chi connectivity index (χ2n) is 3.58. The third-order valence-corrected chi connectivity index (χ3v) is 2.31. The molecule has 0 aromatic heterocycles. The number of carbonyl (C=O) groups excluding carboxylic acids is 1. The van der Waals surface area contributed by atoms with Crippen LogP contribution in [0.15, 0.2) is 24.3 Å². The van der Waals surface area contributed by atoms with Crippen molar-refractivity contribution in [1.29, 1.82) is 0 Å². The minimum Gasteiger partial charge on any atom is -0.493 e. The molecule has 0 heterocycles. The molecule has 0 aliphatic heterocycles. The van der Waals surface area contributed by atoms with E-state index in [2.05, 4.69) is 0 Å². The maximum absolute atomic E-state index is 12.7. The lowest BCUT2D eigenvalue weighted by atomic mass is 9.85. The van der Waals surface area contributed by atoms with Crippen molar-refractivity contribution in [2.45, 2.75) is 12.8 Å². The van der Waals surface area contributed by atoms with Gasteiger partial charge in [-0.15, -0.1) is 0 Å². The summed E-state index contributed by atoms with van der Waals surface area (Å²) in [6.07, 6.45) is 1.21. The number of hydrogen-bond donors (Lipinski definition) is 0. The molecule has 2 nitrogen and oxygen atoms in total. The van der Waals surface area contributed by atoms with Gasteiger partial charge in [0.05, 0.1) is 6.61 Å². The Hall–Kier alpha value is -1.38. The molecule has 0 radical (unpaired) electrons. The lowest BCUT2D eigenvalue weighted by Gasteiger charge is -2.23. The molecule has 0 bridgehead atoms. The van der Waals surface area contributed by atoms with Gasteiger partial charge in [0.2, 0.25) is 0 Å². The van der Waals surface area contributed by atoms with Crippen LogP contribution in [0.5, 0.6) is 5.75 Å². The van der Waals surface area contributed by atoms with E-state index in [-0.39, 0.29) is 11.6 Å². The molecule has 1 aliphatic carbocycles. The Bertz CT molecular complexity index is 341. The van der Waals surface area contributed by atoms with E-state index in [9.17, 15) is 9.18 Å². The van der Waals surface area contributed by atoms with E-state index in [0.29, 0.717) is 31.1 Å². The number of ether oxygens (including phenoxy) is 1. The number of ketones is 1. The fourth-order valence-electron chi connectivity index (χ4n) is 1.47. The summed E-state index contributed by atoms with van der Waals surface area (Å²) in [5, 5.41) is 0. The van der Waals surface area contributed by atoms with Crippen LogP contribution in [0.4, 0.5) is 4.39 Å². The highest BCUT2D eigenvalue weighted by Gasteiger charge is 2.26. The van der Waals surface area contributed by atoms with Crippen molar-refractivity contribution < 1.29 is 13.9 Å². The third kappa shape index (κ3) is 2.10. The fraction of sp³-hybridized carbons (Fsp3) is 0.364. The largest absolute Gasteiger partial charge is 0.493 e. The van der Waals surface area contributed by atoms with Gasteiger partial charge in [-0.05, 0) is 12.1 Å². The highest BCUT2D eigenvalue weighted by atomic mass is 19.1. The molecule has 0 N–H and O–H groups in total. The first-order chi connectivity index (χ1) is 6.74. The van der Waals surface area contributed by atoms with Gasteiger partial charge in [-0.1, -0.05) is 6.07 Å². The molecule has 1 fully saturated rings. The van der Waals surface area contributed by atoms with Crippen molar-refractivity contribution in [3.8, 4) is 5.75 Å². The van der Waals surface area contributed by atoms with E-state index in [4.69, 9.17) is 4.74 Å². The first-order valence-electron chi connectivity index (χ1n) is 4.64. The first-order valence-corrected chi connectivity index (χ1v) is 4.64. The highest BCUT2D eigenvalue weighted by molar-refractivity contribution is 5.84. The average Bonchev–Trinajstić information content (AvgIpc) is 2.11. The Morgan fingerprint density at radius 3 is 2.86 bits per heavy atom. The van der Waals surface area contributed by atoms with Gasteiger partial charge in [0.15, 0.2) is 0 Å². The summed E-state index contributed by atoms with van der Waals surface area (Å²) in [6, 6.07) is 6.04. The van der Waals surface area contributed by atoms with Gasteiger partial charge >= 0.3 is 0 Å². The molecular formula is C11H11FO2. The monoisotopic (exact) mass is 194 g/mol. The Morgan fingerprint density at radius 1 is 1.43 bits per heavy atom. The van der Waals surface area contributed by atoms with Crippen molar-refractivity contribution in [1.82, 2.24) is 0 Å². The summed E-state index contributed by atoms with van der Waals surface area (Å²) < 4.78 is 18.1. The predicted molar refractivity (Wildman–Crippen MR) is 49.6 cm³/mol. The smallest absolute Gasteiger partial charge is 0.133 e. The molecule has 74 valence electrons. The molecule has 1 aromatic rings. The molecule has 0 spiro atoms. The van der Waals surface area contributed by atoms with Crippen molar-refractivity contribution >= 4 is 5.78 Å². The maximum atomic E-state index is 12.7. The maximum Gasteiger partial charge on any atom is 0.133 e. The van der Waals surface area contributed by atoms with E-state index in [1.165, 1.54) is 12.1 Å². The van der Waals surface area contributed by atoms with Gasteiger partial charge in [-0.25, -0.2) is 4.39 Å². The predicted octanol–water partition coefficient (Wildman–Crippen LogP) is 2.18. The third-order valence-electron chi connectivity index (χ3n) is 2.31. The molecule has 1 aliphatic rings. The van der Waals surface area contributed by atoms with E-state index in [1.807, 2.05) is 0 Å². The van der Waals surface area contributed by atoms with Crippen LogP contribution < -0.4 is 4.74 Å². The summed E-state index contributed by atoms with van der Waals surface area (Å²) in [5.74, 6) is 0.847. The number of carbonyl (C=O) groups is 1. The molecule has 1 aromatic carbocycles. The molecule has 0 amide bonds. The zero-order valence-corrected chi connectivity index (χ0v) is 7.70. The standard InChI is InChI=1S/C11H11FO2/c12-9-2-1-3-11(6-9)14-7-8-4-10(13)5-8/h1-3,6,8H,4-5,7H2. The van der Waals surface area contributed by atoms with Crippen molar-refractivity contribution in [3.05, 3.63) is 30.1 Å². The number of halogens is 1. The van der Waals surface area contributed by atoms with Gasteiger partial charge in [0.1, 0.15) is 17.3 Å². The van der Waals surface area contributed by atoms with Gasteiger partial charge in [0.25, 0.3) is 0 Å². The van der Waals surface area contributed by atoms with Crippen LogP contribution in [0, 0.1) is 11.7 Å². The minimum absolute atomic E-state index is 0.290. The van der Waals surface area contributed by atoms with Crippen LogP contribution in [0.1, 0.15) is 12.8 Å². The Morgan fingerprint density at radius 2 is 2.21 bits per heavy atom. The van der Waals surface area contributed by atoms with Crippen LogP contribution in [-0.4, -0.2) is 12.4 Å². The zero-order valence-electron chi connectivity index (χ0n) is 7.70. The second kappa shape index (κ2) is 3.78. The van der Waals surface area contributed by atoms with Crippen LogP contribution in [0.3, 0.4) is 0 Å². The van der Waals surface area contributed by atoms with Gasteiger partial charge in [-0.2, -0.15) is 0 Å². The molecule has 2 rings (SSSR count). The molecule has 0 unspecified atom stereocenters. The van der Waals surface area contributed by atoms with Gasteiger partial charge in [0, 0.05) is 24.8 Å². The van der Waals surface area contributed by atoms with E-state index in [0.717, 1.165) is 0 Å². The molecule has 0 atom stereocenters. The summed E-state index contributed by atoms with van der Waals surface area (Å²) in [4.78, 5) is 10.7. The highest BCUT2D eigenvalue weighted by Crippen LogP contribution is 2.24. The SMILES string of the molecule is O=C1CC(COc2cccc(F)c2)C1. The Labute approximate surface area is 81.7 Å². The van der Waals surface area contributed by atoms with Crippen LogP contribution in [0.25, 0.3) is 0 Å². The lowest BCUT2D eigenvalue weighted by molar-refractivity contribution is -0.127. The Kier molecular flexibility index (Phi) is 2.48. The van der Waals surface area contributed by atoms with Crippen molar-refractivity contribution in [2.75, 3.05) is 6.61 Å². The number of Topliss-reactive ketones (excluding diaryl/α,β-unsaturated/α-hetero) is 1. The summed E-state index contributed by atoms with van der Waals surface area (Å²) >= 11 is 0. The van der Waals surface area contributed by atoms with Crippen LogP contribution in [-0.2, 0) is 4.79 Å². The zero-order chi connectivity index (χ0) is 9.97. The average molecular weight is 194 g/mol. The molecule has 0 saturated heterocycles. The Balaban J connectivity index is 1.83. The number of hydrogen-bond acceptors (Lipinski definition) is 2. The minimum atomic E-state index is -0.299. The summed E-state index contributed by atoms with van der Waals surface area (Å²) in [6.45, 7) is 0.509. The second-order valence-corrected chi connectivity index (χ2v) is 3.58. The number of rotatable bonds is 3. The van der Waals surface area contributed by atoms with Gasteiger partial charge < -0.3 is 4.74 Å². The van der Waals surface area contributed by atoms with Crippen LogP contribution >= 0.6 is 0 Å². The molecular weight excluding hydrogens is 183 g/mol. The van der Waals surface area contributed by atoms with Crippen LogP contribution in [0.2, 0.25) is 0 Å². The lowest BCUT2D eigenvalue weighted by Crippen LogP contribution is -2.28.